The molecule has 1 N–H and O–H groups in total. The molecule has 0 fully saturated rings. The van der Waals surface area contributed by atoms with Crippen molar-refractivity contribution in [2.45, 2.75) is 65.5 Å². The van der Waals surface area contributed by atoms with E-state index in [4.69, 9.17) is 0 Å². The molecule has 0 saturated heterocycles. The minimum Gasteiger partial charge on any atom is -0.354 e. The highest BCUT2D eigenvalue weighted by molar-refractivity contribution is 5.87. The Kier molecular flexibility index (Phi) is 9.42. The van der Waals surface area contributed by atoms with Crippen LogP contribution in [0.15, 0.2) is 54.6 Å². The second kappa shape index (κ2) is 12.1. The molecule has 0 aliphatic carbocycles. The van der Waals surface area contributed by atoms with E-state index >= 15 is 0 Å². The average Bonchev–Trinajstić information content (AvgIpc) is 2.76. The SMILES string of the molecule is CCCCNC(=O)[C@H](C)N(Cc1ccccc1)C(=O)CCc1ccc(CC)cc1. The fourth-order valence-electron chi connectivity index (χ4n) is 3.24. The van der Waals surface area contributed by atoms with Crippen LogP contribution in [0, 0.1) is 0 Å². The summed E-state index contributed by atoms with van der Waals surface area (Å²) in [6.45, 7) is 7.13. The zero-order valence-corrected chi connectivity index (χ0v) is 18.0. The molecule has 4 heteroatoms. The lowest BCUT2D eigenvalue weighted by atomic mass is 10.0. The first kappa shape index (κ1) is 22.7. The van der Waals surface area contributed by atoms with Gasteiger partial charge in [-0.25, -0.2) is 0 Å². The standard InChI is InChI=1S/C25H34N2O2/c1-4-6-18-26-25(29)20(3)27(19-23-10-8-7-9-11-23)24(28)17-16-22-14-12-21(5-2)13-15-22/h7-15,20H,4-6,16-19H2,1-3H3,(H,26,29)/t20-/m0/s1. The molecule has 0 spiro atoms. The van der Waals surface area contributed by atoms with E-state index in [0.29, 0.717) is 25.9 Å². The normalized spacial score (nSPS) is 11.7. The highest BCUT2D eigenvalue weighted by atomic mass is 16.2. The molecule has 4 nitrogen and oxygen atoms in total. The zero-order chi connectivity index (χ0) is 21.1. The van der Waals surface area contributed by atoms with Crippen LogP contribution in [-0.2, 0) is 29.0 Å². The number of unbranched alkanes of at least 4 members (excludes halogenated alkanes) is 1. The van der Waals surface area contributed by atoms with Gasteiger partial charge in [0.25, 0.3) is 0 Å². The van der Waals surface area contributed by atoms with Crippen LogP contribution in [0.2, 0.25) is 0 Å². The summed E-state index contributed by atoms with van der Waals surface area (Å²) >= 11 is 0. The first-order chi connectivity index (χ1) is 14.0. The number of carbonyl (C=O) groups is 2. The molecule has 0 radical (unpaired) electrons. The highest BCUT2D eigenvalue weighted by Gasteiger charge is 2.25. The van der Waals surface area contributed by atoms with Crippen molar-refractivity contribution in [3.63, 3.8) is 0 Å². The van der Waals surface area contributed by atoms with Gasteiger partial charge in [0, 0.05) is 19.5 Å². The highest BCUT2D eigenvalue weighted by Crippen LogP contribution is 2.14. The first-order valence-corrected chi connectivity index (χ1v) is 10.7. The Balaban J connectivity index is 2.05. The maximum Gasteiger partial charge on any atom is 0.242 e. The number of carbonyl (C=O) groups excluding carboxylic acids is 2. The molecule has 0 aromatic heterocycles. The van der Waals surface area contributed by atoms with Crippen molar-refractivity contribution in [3.05, 3.63) is 71.3 Å². The quantitative estimate of drug-likeness (QED) is 0.570. The summed E-state index contributed by atoms with van der Waals surface area (Å²) < 4.78 is 0. The summed E-state index contributed by atoms with van der Waals surface area (Å²) in [6.07, 6.45) is 4.05. The van der Waals surface area contributed by atoms with Crippen molar-refractivity contribution in [3.8, 4) is 0 Å². The van der Waals surface area contributed by atoms with Gasteiger partial charge in [0.2, 0.25) is 11.8 Å². The second-order valence-corrected chi connectivity index (χ2v) is 7.50. The molecule has 0 aliphatic heterocycles. The van der Waals surface area contributed by atoms with Gasteiger partial charge in [0.15, 0.2) is 0 Å². The Morgan fingerprint density at radius 3 is 2.21 bits per heavy atom. The van der Waals surface area contributed by atoms with Gasteiger partial charge in [-0.3, -0.25) is 9.59 Å². The number of nitrogens with one attached hydrogen (secondary N) is 1. The Morgan fingerprint density at radius 2 is 1.59 bits per heavy atom. The Morgan fingerprint density at radius 1 is 0.931 bits per heavy atom. The number of nitrogens with zero attached hydrogens (tertiary/aromatic N) is 1. The summed E-state index contributed by atoms with van der Waals surface area (Å²) in [5.74, 6) is -0.0819. The van der Waals surface area contributed by atoms with Crippen molar-refractivity contribution in [2.75, 3.05) is 6.54 Å². The number of amides is 2. The van der Waals surface area contributed by atoms with Gasteiger partial charge in [0.05, 0.1) is 0 Å². The van der Waals surface area contributed by atoms with E-state index in [-0.39, 0.29) is 11.8 Å². The summed E-state index contributed by atoms with van der Waals surface area (Å²) in [5, 5.41) is 2.96. The van der Waals surface area contributed by atoms with Crippen molar-refractivity contribution < 1.29 is 9.59 Å². The Labute approximate surface area is 175 Å². The summed E-state index contributed by atoms with van der Waals surface area (Å²) in [4.78, 5) is 27.4. The molecule has 2 rings (SSSR count). The van der Waals surface area contributed by atoms with Gasteiger partial charge in [-0.15, -0.1) is 0 Å². The third-order valence-electron chi connectivity index (χ3n) is 5.25. The average molecular weight is 395 g/mol. The van der Waals surface area contributed by atoms with Crippen LogP contribution in [0.4, 0.5) is 0 Å². The number of hydrogen-bond donors (Lipinski definition) is 1. The van der Waals surface area contributed by atoms with E-state index in [1.54, 1.807) is 4.90 Å². The van der Waals surface area contributed by atoms with Crippen LogP contribution in [0.1, 0.15) is 56.7 Å². The second-order valence-electron chi connectivity index (χ2n) is 7.50. The lowest BCUT2D eigenvalue weighted by Gasteiger charge is -2.29. The van der Waals surface area contributed by atoms with Crippen LogP contribution in [0.3, 0.4) is 0 Å². The molecule has 2 aromatic carbocycles. The fourth-order valence-corrected chi connectivity index (χ4v) is 3.24. The van der Waals surface area contributed by atoms with Gasteiger partial charge in [-0.2, -0.15) is 0 Å². The van der Waals surface area contributed by atoms with E-state index in [1.165, 1.54) is 5.56 Å². The molecule has 0 aliphatic rings. The minimum atomic E-state index is -0.498. The van der Waals surface area contributed by atoms with Crippen LogP contribution < -0.4 is 5.32 Å². The molecular formula is C25H34N2O2. The Bertz CT molecular complexity index is 756. The molecule has 156 valence electrons. The van der Waals surface area contributed by atoms with E-state index in [0.717, 1.165) is 30.4 Å². The lowest BCUT2D eigenvalue weighted by molar-refractivity contribution is -0.140. The third-order valence-corrected chi connectivity index (χ3v) is 5.25. The molecule has 0 bridgehead atoms. The van der Waals surface area contributed by atoms with Crippen molar-refractivity contribution in [1.82, 2.24) is 10.2 Å². The van der Waals surface area contributed by atoms with Gasteiger partial charge >= 0.3 is 0 Å². The number of benzene rings is 2. The first-order valence-electron chi connectivity index (χ1n) is 10.7. The molecule has 0 saturated carbocycles. The lowest BCUT2D eigenvalue weighted by Crippen LogP contribution is -2.47. The van der Waals surface area contributed by atoms with Gasteiger partial charge in [-0.1, -0.05) is 74.9 Å². The predicted molar refractivity (Wildman–Crippen MR) is 119 cm³/mol. The molecule has 29 heavy (non-hydrogen) atoms. The molecule has 1 atom stereocenters. The predicted octanol–water partition coefficient (Wildman–Crippen LogP) is 4.52. The fraction of sp³-hybridized carbons (Fsp3) is 0.440. The van der Waals surface area contributed by atoms with Crippen molar-refractivity contribution >= 4 is 11.8 Å². The molecule has 0 heterocycles. The molecule has 2 amide bonds. The topological polar surface area (TPSA) is 49.4 Å². The smallest absolute Gasteiger partial charge is 0.242 e. The third kappa shape index (κ3) is 7.37. The summed E-state index contributed by atoms with van der Waals surface area (Å²) in [7, 11) is 0. The van der Waals surface area contributed by atoms with Gasteiger partial charge < -0.3 is 10.2 Å². The number of hydrogen-bond acceptors (Lipinski definition) is 2. The summed E-state index contributed by atoms with van der Waals surface area (Å²) in [5.41, 5.74) is 3.47. The Hall–Kier alpha value is -2.62. The minimum absolute atomic E-state index is 0.00608. The largest absolute Gasteiger partial charge is 0.354 e. The van der Waals surface area contributed by atoms with E-state index in [2.05, 4.69) is 43.4 Å². The van der Waals surface area contributed by atoms with Gasteiger partial charge in [-0.05, 0) is 42.9 Å². The van der Waals surface area contributed by atoms with E-state index in [9.17, 15) is 9.59 Å². The summed E-state index contributed by atoms with van der Waals surface area (Å²) in [6, 6.07) is 17.8. The van der Waals surface area contributed by atoms with Crippen molar-refractivity contribution in [1.29, 1.82) is 0 Å². The maximum absolute atomic E-state index is 13.1. The van der Waals surface area contributed by atoms with Crippen LogP contribution in [-0.4, -0.2) is 29.3 Å². The zero-order valence-electron chi connectivity index (χ0n) is 18.0. The van der Waals surface area contributed by atoms with Crippen LogP contribution >= 0.6 is 0 Å². The van der Waals surface area contributed by atoms with Crippen LogP contribution in [0.25, 0.3) is 0 Å². The molecular weight excluding hydrogens is 360 g/mol. The van der Waals surface area contributed by atoms with Gasteiger partial charge in [0.1, 0.15) is 6.04 Å². The van der Waals surface area contributed by atoms with E-state index in [1.807, 2.05) is 37.3 Å². The number of rotatable bonds is 11. The molecule has 0 unspecified atom stereocenters. The molecule has 2 aromatic rings. The maximum atomic E-state index is 13.1. The van der Waals surface area contributed by atoms with Crippen molar-refractivity contribution in [2.24, 2.45) is 0 Å². The monoisotopic (exact) mass is 394 g/mol. The number of aryl methyl sites for hydroxylation is 2. The van der Waals surface area contributed by atoms with E-state index < -0.39 is 6.04 Å². The van der Waals surface area contributed by atoms with Crippen LogP contribution in [0.5, 0.6) is 0 Å².